The van der Waals surface area contributed by atoms with Crippen molar-refractivity contribution in [1.29, 1.82) is 0 Å². The number of hydrogen-bond donors (Lipinski definition) is 3. The molecule has 1 saturated heterocycles. The average molecular weight is 460 g/mol. The minimum Gasteiger partial charge on any atom is -0.342 e. The van der Waals surface area contributed by atoms with Gasteiger partial charge in [-0.05, 0) is 43.0 Å². The van der Waals surface area contributed by atoms with E-state index in [1.807, 2.05) is 4.90 Å². The summed E-state index contributed by atoms with van der Waals surface area (Å²) in [5.74, 6) is -0.513. The SMILES string of the molecule is C[C@@H]1CCCN(c2nc3c(c(=O)[nH]2)[C@@H](C(=O)Nc2ccc(Br)cc2)CC(=O)N3)C1. The van der Waals surface area contributed by atoms with Gasteiger partial charge in [-0.25, -0.2) is 0 Å². The molecule has 0 aliphatic carbocycles. The fourth-order valence-electron chi connectivity index (χ4n) is 3.88. The Labute approximate surface area is 176 Å². The Hall–Kier alpha value is -2.68. The predicted molar refractivity (Wildman–Crippen MR) is 114 cm³/mol. The predicted octanol–water partition coefficient (Wildman–Crippen LogP) is 2.83. The molecule has 2 amide bonds. The molecule has 1 fully saturated rings. The van der Waals surface area contributed by atoms with Gasteiger partial charge in [0, 0.05) is 29.7 Å². The van der Waals surface area contributed by atoms with E-state index in [4.69, 9.17) is 0 Å². The van der Waals surface area contributed by atoms with Crippen molar-refractivity contribution in [3.8, 4) is 0 Å². The lowest BCUT2D eigenvalue weighted by molar-refractivity contribution is -0.123. The molecule has 1 aromatic heterocycles. The minimum absolute atomic E-state index is 0.0970. The van der Waals surface area contributed by atoms with Crippen LogP contribution in [0.15, 0.2) is 33.5 Å². The normalized spacial score (nSPS) is 21.3. The number of carbonyl (C=O) groups excluding carboxylic acids is 2. The molecule has 152 valence electrons. The molecular formula is C20H22BrN5O3. The van der Waals surface area contributed by atoms with Gasteiger partial charge in [0.1, 0.15) is 5.82 Å². The summed E-state index contributed by atoms with van der Waals surface area (Å²) in [6, 6.07) is 7.10. The third-order valence-electron chi connectivity index (χ3n) is 5.32. The molecule has 1 aromatic carbocycles. The first-order valence-corrected chi connectivity index (χ1v) is 10.5. The van der Waals surface area contributed by atoms with Crippen molar-refractivity contribution in [2.24, 2.45) is 5.92 Å². The first-order chi connectivity index (χ1) is 13.9. The third kappa shape index (κ3) is 4.19. The first-order valence-electron chi connectivity index (χ1n) is 9.66. The second-order valence-electron chi connectivity index (χ2n) is 7.65. The van der Waals surface area contributed by atoms with Crippen LogP contribution < -0.4 is 21.1 Å². The van der Waals surface area contributed by atoms with Crippen molar-refractivity contribution >= 4 is 45.2 Å². The number of hydrogen-bond acceptors (Lipinski definition) is 5. The smallest absolute Gasteiger partial charge is 0.258 e. The second-order valence-corrected chi connectivity index (χ2v) is 8.56. The number of amides is 2. The molecule has 3 heterocycles. The van der Waals surface area contributed by atoms with E-state index in [0.29, 0.717) is 17.6 Å². The molecule has 0 unspecified atom stereocenters. The summed E-state index contributed by atoms with van der Waals surface area (Å²) in [7, 11) is 0. The molecule has 2 aliphatic rings. The molecule has 2 atom stereocenters. The molecule has 9 heteroatoms. The monoisotopic (exact) mass is 459 g/mol. The summed E-state index contributed by atoms with van der Waals surface area (Å²) in [4.78, 5) is 47.3. The number of rotatable bonds is 3. The number of fused-ring (bicyclic) bond motifs is 1. The Bertz CT molecular complexity index is 1000. The van der Waals surface area contributed by atoms with Gasteiger partial charge < -0.3 is 15.5 Å². The number of halogens is 1. The fourth-order valence-corrected chi connectivity index (χ4v) is 4.14. The lowest BCUT2D eigenvalue weighted by atomic mass is 9.92. The Balaban J connectivity index is 1.63. The zero-order chi connectivity index (χ0) is 20.5. The van der Waals surface area contributed by atoms with Crippen LogP contribution in [0.25, 0.3) is 0 Å². The Morgan fingerprint density at radius 2 is 2.03 bits per heavy atom. The van der Waals surface area contributed by atoms with Crippen molar-refractivity contribution in [3.05, 3.63) is 44.7 Å². The fraction of sp³-hybridized carbons (Fsp3) is 0.400. The Morgan fingerprint density at radius 1 is 1.28 bits per heavy atom. The van der Waals surface area contributed by atoms with E-state index in [0.717, 1.165) is 30.4 Å². The van der Waals surface area contributed by atoms with Crippen molar-refractivity contribution in [3.63, 3.8) is 0 Å². The summed E-state index contributed by atoms with van der Waals surface area (Å²) in [5.41, 5.74) is 0.404. The van der Waals surface area contributed by atoms with E-state index in [9.17, 15) is 14.4 Å². The van der Waals surface area contributed by atoms with Crippen LogP contribution in [0.4, 0.5) is 17.5 Å². The van der Waals surface area contributed by atoms with Crippen LogP contribution in [-0.4, -0.2) is 34.9 Å². The molecule has 2 aromatic rings. The van der Waals surface area contributed by atoms with Gasteiger partial charge in [-0.2, -0.15) is 4.98 Å². The number of nitrogens with one attached hydrogen (secondary N) is 3. The maximum absolute atomic E-state index is 12.9. The zero-order valence-electron chi connectivity index (χ0n) is 16.0. The van der Waals surface area contributed by atoms with Crippen molar-refractivity contribution < 1.29 is 9.59 Å². The van der Waals surface area contributed by atoms with Gasteiger partial charge in [0.05, 0.1) is 11.5 Å². The number of benzene rings is 1. The number of nitrogens with zero attached hydrogens (tertiary/aromatic N) is 2. The van der Waals surface area contributed by atoms with E-state index in [1.165, 1.54) is 0 Å². The van der Waals surface area contributed by atoms with Gasteiger partial charge in [-0.1, -0.05) is 22.9 Å². The number of anilines is 3. The lowest BCUT2D eigenvalue weighted by Crippen LogP contribution is -2.40. The summed E-state index contributed by atoms with van der Waals surface area (Å²) in [6.45, 7) is 3.75. The van der Waals surface area contributed by atoms with Crippen LogP contribution in [0.3, 0.4) is 0 Å². The van der Waals surface area contributed by atoms with Crippen molar-refractivity contribution in [2.75, 3.05) is 28.6 Å². The maximum Gasteiger partial charge on any atom is 0.258 e. The highest BCUT2D eigenvalue weighted by Crippen LogP contribution is 2.31. The molecule has 4 rings (SSSR count). The molecular weight excluding hydrogens is 438 g/mol. The average Bonchev–Trinajstić information content (AvgIpc) is 2.68. The molecule has 0 spiro atoms. The standard InChI is InChI=1S/C20H22BrN5O3/c1-11-3-2-8-26(10-11)20-24-17-16(19(29)25-20)14(9-15(27)23-17)18(28)22-13-6-4-12(21)5-7-13/h4-7,11,14H,2-3,8-10H2,1H3,(H,22,28)(H2,23,24,25,27,29)/t11-,14+/m1/s1. The molecule has 0 saturated carbocycles. The van der Waals surface area contributed by atoms with Crippen molar-refractivity contribution in [2.45, 2.75) is 32.1 Å². The lowest BCUT2D eigenvalue weighted by Gasteiger charge is -2.32. The van der Waals surface area contributed by atoms with Gasteiger partial charge in [0.15, 0.2) is 0 Å². The number of aromatic nitrogens is 2. The molecule has 2 aliphatic heterocycles. The number of carbonyl (C=O) groups is 2. The van der Waals surface area contributed by atoms with E-state index in [1.54, 1.807) is 24.3 Å². The molecule has 0 radical (unpaired) electrons. The molecule has 3 N–H and O–H groups in total. The zero-order valence-corrected chi connectivity index (χ0v) is 17.6. The van der Waals surface area contributed by atoms with Crippen molar-refractivity contribution in [1.82, 2.24) is 9.97 Å². The quantitative estimate of drug-likeness (QED) is 0.653. The van der Waals surface area contributed by atoms with Crippen LogP contribution in [0.1, 0.15) is 37.7 Å². The molecule has 29 heavy (non-hydrogen) atoms. The summed E-state index contributed by atoms with van der Waals surface area (Å²) >= 11 is 3.35. The Morgan fingerprint density at radius 3 is 2.76 bits per heavy atom. The largest absolute Gasteiger partial charge is 0.342 e. The van der Waals surface area contributed by atoms with E-state index >= 15 is 0 Å². The van der Waals surface area contributed by atoms with Gasteiger partial charge >= 0.3 is 0 Å². The number of aromatic amines is 1. The Kier molecular flexibility index (Phi) is 5.40. The highest BCUT2D eigenvalue weighted by molar-refractivity contribution is 9.10. The van der Waals surface area contributed by atoms with Crippen LogP contribution in [0.5, 0.6) is 0 Å². The van der Waals surface area contributed by atoms with E-state index in [-0.39, 0.29) is 29.3 Å². The first kappa shape index (κ1) is 19.6. The minimum atomic E-state index is -0.895. The van der Waals surface area contributed by atoms with E-state index < -0.39 is 11.8 Å². The van der Waals surface area contributed by atoms with Crippen LogP contribution in [0.2, 0.25) is 0 Å². The number of piperidine rings is 1. The summed E-state index contributed by atoms with van der Waals surface area (Å²) in [5, 5.41) is 5.45. The molecule has 0 bridgehead atoms. The van der Waals surface area contributed by atoms with E-state index in [2.05, 4.69) is 43.5 Å². The second kappa shape index (κ2) is 7.98. The highest BCUT2D eigenvalue weighted by atomic mass is 79.9. The van der Waals surface area contributed by atoms with Crippen LogP contribution in [0, 0.1) is 5.92 Å². The molecule has 8 nitrogen and oxygen atoms in total. The van der Waals surface area contributed by atoms with Crippen LogP contribution >= 0.6 is 15.9 Å². The summed E-state index contributed by atoms with van der Waals surface area (Å²) in [6.07, 6.45) is 2.06. The third-order valence-corrected chi connectivity index (χ3v) is 5.85. The topological polar surface area (TPSA) is 107 Å². The highest BCUT2D eigenvalue weighted by Gasteiger charge is 2.35. The summed E-state index contributed by atoms with van der Waals surface area (Å²) < 4.78 is 0.887. The van der Waals surface area contributed by atoms with Crippen LogP contribution in [-0.2, 0) is 9.59 Å². The van der Waals surface area contributed by atoms with Gasteiger partial charge in [0.25, 0.3) is 5.56 Å². The number of H-pyrrole nitrogens is 1. The van der Waals surface area contributed by atoms with Gasteiger partial charge in [-0.3, -0.25) is 19.4 Å². The van der Waals surface area contributed by atoms with Gasteiger partial charge in [-0.15, -0.1) is 0 Å². The maximum atomic E-state index is 12.9. The van der Waals surface area contributed by atoms with Gasteiger partial charge in [0.2, 0.25) is 17.8 Å².